The lowest BCUT2D eigenvalue weighted by atomic mass is 10.0. The first-order valence-corrected chi connectivity index (χ1v) is 8.57. The normalized spacial score (nSPS) is 10.4. The molecule has 0 radical (unpaired) electrons. The van der Waals surface area contributed by atoms with Crippen molar-refractivity contribution in [2.45, 2.75) is 13.8 Å². The van der Waals surface area contributed by atoms with Crippen molar-refractivity contribution in [3.63, 3.8) is 0 Å². The molecule has 2 nitrogen and oxygen atoms in total. The molecule has 0 aliphatic heterocycles. The minimum Gasteiger partial charge on any atom is -0.372 e. The van der Waals surface area contributed by atoms with E-state index in [-0.39, 0.29) is 0 Å². The van der Waals surface area contributed by atoms with Gasteiger partial charge in [0.15, 0.2) is 0 Å². The van der Waals surface area contributed by atoms with Crippen molar-refractivity contribution in [3.05, 3.63) is 78.9 Å². The molecule has 0 saturated carbocycles. The second-order valence-electron chi connectivity index (χ2n) is 5.79. The molecule has 1 N–H and O–H groups in total. The van der Waals surface area contributed by atoms with Crippen LogP contribution in [-0.4, -0.2) is 13.1 Å². The number of rotatable bonds is 6. The molecule has 0 unspecified atom stereocenters. The number of hydrogen-bond donors (Lipinski definition) is 1. The van der Waals surface area contributed by atoms with E-state index in [1.807, 2.05) is 18.2 Å². The smallest absolute Gasteiger partial charge is 0.0384 e. The van der Waals surface area contributed by atoms with Crippen LogP contribution in [-0.2, 0) is 0 Å². The summed E-state index contributed by atoms with van der Waals surface area (Å²) in [6.07, 6.45) is 0. The van der Waals surface area contributed by atoms with Crippen LogP contribution in [0, 0.1) is 0 Å². The molecular weight excluding hydrogens is 292 g/mol. The van der Waals surface area contributed by atoms with Crippen LogP contribution in [0.4, 0.5) is 17.1 Å². The number of nitrogens with zero attached hydrogens (tertiary/aromatic N) is 1. The highest BCUT2D eigenvalue weighted by molar-refractivity contribution is 5.70. The van der Waals surface area contributed by atoms with Crippen LogP contribution in [0.1, 0.15) is 13.8 Å². The van der Waals surface area contributed by atoms with Gasteiger partial charge < -0.3 is 10.2 Å². The Morgan fingerprint density at radius 3 is 1.67 bits per heavy atom. The van der Waals surface area contributed by atoms with Crippen LogP contribution in [0.15, 0.2) is 78.9 Å². The van der Waals surface area contributed by atoms with E-state index in [2.05, 4.69) is 84.7 Å². The van der Waals surface area contributed by atoms with E-state index in [0.29, 0.717) is 0 Å². The molecule has 122 valence electrons. The summed E-state index contributed by atoms with van der Waals surface area (Å²) < 4.78 is 0. The largest absolute Gasteiger partial charge is 0.372 e. The quantitative estimate of drug-likeness (QED) is 0.605. The highest BCUT2D eigenvalue weighted by Crippen LogP contribution is 2.25. The van der Waals surface area contributed by atoms with Gasteiger partial charge in [0.25, 0.3) is 0 Å². The third-order valence-corrected chi connectivity index (χ3v) is 4.28. The van der Waals surface area contributed by atoms with Gasteiger partial charge in [-0.2, -0.15) is 0 Å². The first kappa shape index (κ1) is 16.1. The Labute approximate surface area is 144 Å². The fourth-order valence-corrected chi connectivity index (χ4v) is 2.89. The Bertz CT molecular complexity index is 742. The first-order chi connectivity index (χ1) is 11.8. The Kier molecular flexibility index (Phi) is 5.17. The van der Waals surface area contributed by atoms with Gasteiger partial charge in [-0.15, -0.1) is 0 Å². The summed E-state index contributed by atoms with van der Waals surface area (Å²) in [6, 6.07) is 27.6. The Morgan fingerprint density at radius 2 is 1.12 bits per heavy atom. The van der Waals surface area contributed by atoms with Crippen LogP contribution in [0.25, 0.3) is 11.1 Å². The van der Waals surface area contributed by atoms with E-state index in [1.54, 1.807) is 0 Å². The molecule has 0 bridgehead atoms. The first-order valence-electron chi connectivity index (χ1n) is 8.57. The summed E-state index contributed by atoms with van der Waals surface area (Å²) >= 11 is 0. The topological polar surface area (TPSA) is 15.3 Å². The van der Waals surface area contributed by atoms with E-state index < -0.39 is 0 Å². The molecule has 0 heterocycles. The van der Waals surface area contributed by atoms with Gasteiger partial charge in [-0.3, -0.25) is 0 Å². The summed E-state index contributed by atoms with van der Waals surface area (Å²) in [5.74, 6) is 0. The molecular formula is C22H24N2. The van der Waals surface area contributed by atoms with E-state index in [4.69, 9.17) is 0 Å². The average molecular weight is 316 g/mol. The molecule has 3 rings (SSSR count). The lowest BCUT2D eigenvalue weighted by molar-refractivity contribution is 0.866. The van der Waals surface area contributed by atoms with Crippen LogP contribution >= 0.6 is 0 Å². The molecule has 3 aromatic carbocycles. The highest BCUT2D eigenvalue weighted by Gasteiger charge is 2.03. The number of benzene rings is 3. The van der Waals surface area contributed by atoms with Crippen LogP contribution < -0.4 is 10.2 Å². The second-order valence-corrected chi connectivity index (χ2v) is 5.79. The summed E-state index contributed by atoms with van der Waals surface area (Å²) in [5.41, 5.74) is 5.97. The maximum atomic E-state index is 3.42. The van der Waals surface area contributed by atoms with Crippen molar-refractivity contribution in [3.8, 4) is 11.1 Å². The lowest BCUT2D eigenvalue weighted by Crippen LogP contribution is -2.21. The second kappa shape index (κ2) is 7.69. The van der Waals surface area contributed by atoms with Crippen LogP contribution in [0.5, 0.6) is 0 Å². The minimum atomic E-state index is 1.04. The Balaban J connectivity index is 1.73. The average Bonchev–Trinajstić information content (AvgIpc) is 2.65. The molecule has 0 spiro atoms. The van der Waals surface area contributed by atoms with Crippen molar-refractivity contribution in [1.29, 1.82) is 0 Å². The molecule has 24 heavy (non-hydrogen) atoms. The summed E-state index contributed by atoms with van der Waals surface area (Å²) in [7, 11) is 0. The third-order valence-electron chi connectivity index (χ3n) is 4.28. The molecule has 0 saturated heterocycles. The van der Waals surface area contributed by atoms with E-state index in [0.717, 1.165) is 24.5 Å². The predicted molar refractivity (Wildman–Crippen MR) is 105 cm³/mol. The number of hydrogen-bond acceptors (Lipinski definition) is 2. The van der Waals surface area contributed by atoms with E-state index >= 15 is 0 Å². The highest BCUT2D eigenvalue weighted by atomic mass is 15.1. The van der Waals surface area contributed by atoms with Crippen LogP contribution in [0.2, 0.25) is 0 Å². The zero-order valence-electron chi connectivity index (χ0n) is 14.4. The summed E-state index contributed by atoms with van der Waals surface area (Å²) in [5, 5.41) is 3.42. The van der Waals surface area contributed by atoms with Gasteiger partial charge in [-0.25, -0.2) is 0 Å². The molecule has 2 heteroatoms. The maximum absolute atomic E-state index is 3.42. The van der Waals surface area contributed by atoms with Gasteiger partial charge in [-0.05, 0) is 61.4 Å². The monoisotopic (exact) mass is 316 g/mol. The van der Waals surface area contributed by atoms with Gasteiger partial charge in [0.2, 0.25) is 0 Å². The van der Waals surface area contributed by atoms with Crippen molar-refractivity contribution in [1.82, 2.24) is 0 Å². The third kappa shape index (κ3) is 3.77. The maximum Gasteiger partial charge on any atom is 0.0384 e. The predicted octanol–water partition coefficient (Wildman–Crippen LogP) is 5.94. The zero-order chi connectivity index (χ0) is 16.8. The minimum absolute atomic E-state index is 1.04. The van der Waals surface area contributed by atoms with E-state index in [1.165, 1.54) is 16.8 Å². The summed E-state index contributed by atoms with van der Waals surface area (Å²) in [6.45, 7) is 6.46. The van der Waals surface area contributed by atoms with Gasteiger partial charge in [-0.1, -0.05) is 42.5 Å². The molecule has 0 aliphatic rings. The SMILES string of the molecule is CCN(CC)c1ccc(-c2ccc(Nc3ccccc3)cc2)cc1. The van der Waals surface area contributed by atoms with Crippen molar-refractivity contribution in [2.75, 3.05) is 23.3 Å². The van der Waals surface area contributed by atoms with Gasteiger partial charge in [0.1, 0.15) is 0 Å². The molecule has 0 aliphatic carbocycles. The fourth-order valence-electron chi connectivity index (χ4n) is 2.89. The van der Waals surface area contributed by atoms with Crippen molar-refractivity contribution < 1.29 is 0 Å². The molecule has 0 aromatic heterocycles. The van der Waals surface area contributed by atoms with Gasteiger partial charge in [0, 0.05) is 30.2 Å². The number of para-hydroxylation sites is 1. The van der Waals surface area contributed by atoms with Crippen molar-refractivity contribution >= 4 is 17.1 Å². The standard InChI is InChI=1S/C22H24N2/c1-3-24(4-2)22-16-12-19(13-17-22)18-10-14-21(15-11-18)23-20-8-6-5-7-9-20/h5-17,23H,3-4H2,1-2H3. The van der Waals surface area contributed by atoms with Gasteiger partial charge >= 0.3 is 0 Å². The van der Waals surface area contributed by atoms with Crippen LogP contribution in [0.3, 0.4) is 0 Å². The Morgan fingerprint density at radius 1 is 0.625 bits per heavy atom. The lowest BCUT2D eigenvalue weighted by Gasteiger charge is -2.21. The molecule has 0 fully saturated rings. The number of nitrogens with one attached hydrogen (secondary N) is 1. The molecule has 0 atom stereocenters. The van der Waals surface area contributed by atoms with E-state index in [9.17, 15) is 0 Å². The Hall–Kier alpha value is -2.74. The zero-order valence-corrected chi connectivity index (χ0v) is 14.4. The van der Waals surface area contributed by atoms with Gasteiger partial charge in [0.05, 0.1) is 0 Å². The molecule has 3 aromatic rings. The van der Waals surface area contributed by atoms with Crippen molar-refractivity contribution in [2.24, 2.45) is 0 Å². The fraction of sp³-hybridized carbons (Fsp3) is 0.182. The molecule has 0 amide bonds. The number of anilines is 3. The summed E-state index contributed by atoms with van der Waals surface area (Å²) in [4.78, 5) is 2.36.